The molecule has 1 N–H and O–H groups in total. The number of carbonyl (C=O) groups excluding carboxylic acids is 1. The number of hydrogen-bond donors (Lipinski definition) is 1. The zero-order valence-corrected chi connectivity index (χ0v) is 13.5. The summed E-state index contributed by atoms with van der Waals surface area (Å²) in [5, 5.41) is 3.46. The highest BCUT2D eigenvalue weighted by Crippen LogP contribution is 2.15. The summed E-state index contributed by atoms with van der Waals surface area (Å²) in [6.07, 6.45) is 0. The number of nitrogens with zero attached hydrogens (tertiary/aromatic N) is 1. The number of H-pyrrole nitrogens is 1. The predicted octanol–water partition coefficient (Wildman–Crippen LogP) is 3.67. The van der Waals surface area contributed by atoms with Gasteiger partial charge in [0.25, 0.3) is 5.56 Å². The Labute approximate surface area is 138 Å². The van der Waals surface area contributed by atoms with E-state index in [0.717, 1.165) is 5.56 Å². The Balaban J connectivity index is 2.10. The second kappa shape index (κ2) is 5.89. The van der Waals surface area contributed by atoms with E-state index in [0.29, 0.717) is 22.0 Å². The molecule has 23 heavy (non-hydrogen) atoms. The molecule has 0 atom stereocenters. The zero-order chi connectivity index (χ0) is 16.6. The number of rotatable bonds is 3. The molecule has 0 aliphatic rings. The van der Waals surface area contributed by atoms with Crippen molar-refractivity contribution in [2.45, 2.75) is 13.8 Å². The molecule has 0 radical (unpaired) electrons. The Morgan fingerprint density at radius 1 is 1.09 bits per heavy atom. The normalized spacial score (nSPS) is 10.7. The molecule has 0 bridgehead atoms. The molecule has 0 amide bonds. The lowest BCUT2D eigenvalue weighted by atomic mass is 10.0. The van der Waals surface area contributed by atoms with E-state index in [-0.39, 0.29) is 16.9 Å². The first-order valence-electron chi connectivity index (χ1n) is 7.16. The first-order valence-corrected chi connectivity index (χ1v) is 7.54. The molecule has 1 heterocycles. The van der Waals surface area contributed by atoms with Gasteiger partial charge >= 0.3 is 0 Å². The predicted molar refractivity (Wildman–Crippen MR) is 90.7 cm³/mol. The van der Waals surface area contributed by atoms with Crippen molar-refractivity contribution in [1.82, 2.24) is 9.78 Å². The number of aromatic nitrogens is 2. The molecule has 4 nitrogen and oxygen atoms in total. The van der Waals surface area contributed by atoms with Gasteiger partial charge in [0.1, 0.15) is 5.56 Å². The minimum absolute atomic E-state index is 0.147. The van der Waals surface area contributed by atoms with E-state index < -0.39 is 0 Å². The number of nitrogens with one attached hydrogen (secondary N) is 1. The van der Waals surface area contributed by atoms with E-state index >= 15 is 0 Å². The second-order valence-electron chi connectivity index (χ2n) is 5.43. The van der Waals surface area contributed by atoms with Gasteiger partial charge in [0.2, 0.25) is 0 Å². The Bertz CT molecular complexity index is 936. The maximum atomic E-state index is 12.7. The molecule has 0 saturated heterocycles. The van der Waals surface area contributed by atoms with Crippen LogP contribution < -0.4 is 5.56 Å². The van der Waals surface area contributed by atoms with Crippen molar-refractivity contribution in [2.75, 3.05) is 0 Å². The highest BCUT2D eigenvalue weighted by molar-refractivity contribution is 6.30. The van der Waals surface area contributed by atoms with Gasteiger partial charge in [0, 0.05) is 16.3 Å². The van der Waals surface area contributed by atoms with Gasteiger partial charge in [-0.3, -0.25) is 14.7 Å². The van der Waals surface area contributed by atoms with Crippen LogP contribution in [0.4, 0.5) is 0 Å². The van der Waals surface area contributed by atoms with Gasteiger partial charge in [0.05, 0.1) is 5.69 Å². The average Bonchev–Trinajstić information content (AvgIpc) is 2.82. The summed E-state index contributed by atoms with van der Waals surface area (Å²) in [5.74, 6) is -0.287. The van der Waals surface area contributed by atoms with Gasteiger partial charge in [-0.1, -0.05) is 47.5 Å². The fraction of sp³-hybridized carbons (Fsp3) is 0.111. The van der Waals surface area contributed by atoms with Crippen LogP contribution in [0.5, 0.6) is 0 Å². The fourth-order valence-corrected chi connectivity index (χ4v) is 2.64. The summed E-state index contributed by atoms with van der Waals surface area (Å²) >= 11 is 5.97. The molecule has 3 aromatic rings. The molecule has 0 unspecified atom stereocenters. The van der Waals surface area contributed by atoms with Crippen LogP contribution in [-0.4, -0.2) is 15.6 Å². The van der Waals surface area contributed by atoms with Crippen LogP contribution in [0.1, 0.15) is 27.2 Å². The van der Waals surface area contributed by atoms with Crippen molar-refractivity contribution in [1.29, 1.82) is 0 Å². The van der Waals surface area contributed by atoms with Gasteiger partial charge in [-0.25, -0.2) is 4.68 Å². The summed E-state index contributed by atoms with van der Waals surface area (Å²) in [7, 11) is 0. The number of aryl methyl sites for hydroxylation is 2. The summed E-state index contributed by atoms with van der Waals surface area (Å²) in [4.78, 5) is 25.3. The minimum atomic E-state index is -0.379. The molecule has 1 aromatic heterocycles. The Morgan fingerprint density at radius 3 is 2.43 bits per heavy atom. The molecule has 116 valence electrons. The maximum absolute atomic E-state index is 12.7. The van der Waals surface area contributed by atoms with Crippen LogP contribution >= 0.6 is 11.6 Å². The molecule has 0 saturated carbocycles. The van der Waals surface area contributed by atoms with Crippen LogP contribution in [0, 0.1) is 13.8 Å². The molecular weight excluding hydrogens is 312 g/mol. The van der Waals surface area contributed by atoms with E-state index in [4.69, 9.17) is 11.6 Å². The molecule has 0 aliphatic carbocycles. The van der Waals surface area contributed by atoms with E-state index in [1.807, 2.05) is 19.1 Å². The van der Waals surface area contributed by atoms with Crippen LogP contribution in [0.15, 0.2) is 53.3 Å². The highest BCUT2D eigenvalue weighted by Gasteiger charge is 2.20. The van der Waals surface area contributed by atoms with E-state index in [2.05, 4.69) is 5.10 Å². The molecule has 0 spiro atoms. The Kier molecular flexibility index (Phi) is 3.92. The topological polar surface area (TPSA) is 54.9 Å². The number of carbonyl (C=O) groups is 1. The average molecular weight is 327 g/mol. The highest BCUT2D eigenvalue weighted by atomic mass is 35.5. The van der Waals surface area contributed by atoms with Crippen molar-refractivity contribution in [3.05, 3.63) is 86.3 Å². The monoisotopic (exact) mass is 326 g/mol. The lowest BCUT2D eigenvalue weighted by molar-refractivity contribution is 0.103. The number of ketones is 1. The fourth-order valence-electron chi connectivity index (χ4n) is 2.46. The second-order valence-corrected chi connectivity index (χ2v) is 5.86. The zero-order valence-electron chi connectivity index (χ0n) is 12.8. The van der Waals surface area contributed by atoms with Gasteiger partial charge in [-0.2, -0.15) is 0 Å². The van der Waals surface area contributed by atoms with Gasteiger partial charge in [0.15, 0.2) is 5.78 Å². The summed E-state index contributed by atoms with van der Waals surface area (Å²) < 4.78 is 1.34. The molecular formula is C18H15ClN2O2. The van der Waals surface area contributed by atoms with Crippen molar-refractivity contribution < 1.29 is 4.79 Å². The van der Waals surface area contributed by atoms with Crippen molar-refractivity contribution in [3.8, 4) is 5.69 Å². The van der Waals surface area contributed by atoms with Crippen molar-refractivity contribution in [2.24, 2.45) is 0 Å². The van der Waals surface area contributed by atoms with Crippen LogP contribution in [-0.2, 0) is 0 Å². The van der Waals surface area contributed by atoms with Crippen molar-refractivity contribution >= 4 is 17.4 Å². The third kappa shape index (κ3) is 2.85. The lowest BCUT2D eigenvalue weighted by Gasteiger charge is -2.01. The van der Waals surface area contributed by atoms with Gasteiger partial charge in [-0.15, -0.1) is 0 Å². The molecule has 2 aromatic carbocycles. The number of aromatic amines is 1. The standard InChI is InChI=1S/C18H15ClN2O2/c1-11-6-8-13(9-7-11)17(22)16-12(2)20-21(18(16)23)15-5-3-4-14(19)10-15/h3-10,20H,1-2H3. The smallest absolute Gasteiger partial charge is 0.282 e. The SMILES string of the molecule is Cc1ccc(C(=O)c2c(C)[nH]n(-c3cccc(Cl)c3)c2=O)cc1. The summed E-state index contributed by atoms with van der Waals surface area (Å²) in [6, 6.07) is 14.1. The first-order chi connectivity index (χ1) is 11.0. The van der Waals surface area contributed by atoms with Crippen LogP contribution in [0.2, 0.25) is 5.02 Å². The largest absolute Gasteiger partial charge is 0.295 e. The van der Waals surface area contributed by atoms with Crippen LogP contribution in [0.25, 0.3) is 5.69 Å². The summed E-state index contributed by atoms with van der Waals surface area (Å²) in [5.41, 5.74) is 2.44. The Hall–Kier alpha value is -2.59. The first kappa shape index (κ1) is 15.3. The summed E-state index contributed by atoms with van der Waals surface area (Å²) in [6.45, 7) is 3.66. The number of hydrogen-bond acceptors (Lipinski definition) is 2. The third-order valence-electron chi connectivity index (χ3n) is 3.68. The quantitative estimate of drug-likeness (QED) is 0.747. The minimum Gasteiger partial charge on any atom is -0.295 e. The number of benzene rings is 2. The van der Waals surface area contributed by atoms with Gasteiger partial charge in [-0.05, 0) is 32.0 Å². The van der Waals surface area contributed by atoms with Gasteiger partial charge < -0.3 is 0 Å². The third-order valence-corrected chi connectivity index (χ3v) is 3.91. The Morgan fingerprint density at radius 2 is 1.78 bits per heavy atom. The van der Waals surface area contributed by atoms with E-state index in [9.17, 15) is 9.59 Å². The van der Waals surface area contributed by atoms with Crippen molar-refractivity contribution in [3.63, 3.8) is 0 Å². The van der Waals surface area contributed by atoms with E-state index in [1.54, 1.807) is 43.3 Å². The maximum Gasteiger partial charge on any atom is 0.282 e. The molecule has 0 fully saturated rings. The molecule has 3 rings (SSSR count). The lowest BCUT2D eigenvalue weighted by Crippen LogP contribution is -2.20. The van der Waals surface area contributed by atoms with Crippen LogP contribution in [0.3, 0.4) is 0 Å². The number of halogens is 1. The molecule has 0 aliphatic heterocycles. The molecule has 5 heteroatoms. The van der Waals surface area contributed by atoms with E-state index in [1.165, 1.54) is 4.68 Å².